The first-order valence-corrected chi connectivity index (χ1v) is 8.54. The molecule has 2 aliphatic rings. The Morgan fingerprint density at radius 2 is 0.955 bits per heavy atom. The van der Waals surface area contributed by atoms with E-state index in [1.807, 2.05) is 12.1 Å². The normalized spacial score (nSPS) is 19.1. The van der Waals surface area contributed by atoms with E-state index in [0.29, 0.717) is 11.4 Å². The van der Waals surface area contributed by atoms with Crippen molar-refractivity contribution in [2.75, 3.05) is 11.5 Å². The number of nitrogens with zero attached hydrogens (tertiary/aromatic N) is 2. The van der Waals surface area contributed by atoms with Gasteiger partial charge in [0.15, 0.2) is 0 Å². The Morgan fingerprint density at radius 3 is 1.32 bits per heavy atom. The smallest absolute Gasteiger partial charge is 0.0880 e. The van der Waals surface area contributed by atoms with Gasteiger partial charge < -0.3 is 11.5 Å². The lowest BCUT2D eigenvalue weighted by Gasteiger charge is -2.15. The monoisotopic (exact) mass is 298 g/mol. The zero-order valence-corrected chi connectivity index (χ0v) is 13.3. The highest BCUT2D eigenvalue weighted by Gasteiger charge is 2.11. The van der Waals surface area contributed by atoms with E-state index in [9.17, 15) is 0 Å². The maximum atomic E-state index is 6.18. The van der Waals surface area contributed by atoms with Gasteiger partial charge >= 0.3 is 0 Å². The minimum Gasteiger partial charge on any atom is -0.397 e. The van der Waals surface area contributed by atoms with Crippen LogP contribution < -0.4 is 11.5 Å². The zero-order chi connectivity index (χ0) is 15.4. The van der Waals surface area contributed by atoms with Crippen molar-refractivity contribution in [3.05, 3.63) is 12.1 Å². The number of anilines is 2. The third-order valence-electron chi connectivity index (χ3n) is 4.59. The molecule has 2 aliphatic carbocycles. The molecule has 4 nitrogen and oxygen atoms in total. The van der Waals surface area contributed by atoms with Crippen LogP contribution in [0.1, 0.15) is 64.2 Å². The number of rotatable bonds is 2. The lowest BCUT2D eigenvalue weighted by Crippen LogP contribution is -2.05. The minimum absolute atomic E-state index is 0.683. The Morgan fingerprint density at radius 1 is 0.591 bits per heavy atom. The molecule has 3 rings (SSSR count). The Balaban J connectivity index is 1.84. The van der Waals surface area contributed by atoms with Crippen LogP contribution in [0.2, 0.25) is 0 Å². The Hall–Kier alpha value is -1.84. The second kappa shape index (κ2) is 6.95. The van der Waals surface area contributed by atoms with Crippen LogP contribution >= 0.6 is 0 Å². The van der Waals surface area contributed by atoms with Crippen LogP contribution in [0.3, 0.4) is 0 Å². The van der Waals surface area contributed by atoms with Gasteiger partial charge in [0.1, 0.15) is 0 Å². The second-order valence-corrected chi connectivity index (χ2v) is 6.45. The highest BCUT2D eigenvalue weighted by Crippen LogP contribution is 2.35. The molecule has 0 radical (unpaired) electrons. The molecule has 0 unspecified atom stereocenters. The molecule has 1 aromatic carbocycles. The first-order valence-electron chi connectivity index (χ1n) is 8.54. The SMILES string of the molecule is Nc1cc(N=C2CCCCC2)c(N)cc1N=C1CCCCC1. The molecule has 0 spiro atoms. The quantitative estimate of drug-likeness (QED) is 0.760. The van der Waals surface area contributed by atoms with Gasteiger partial charge in [-0.3, -0.25) is 9.98 Å². The first-order chi connectivity index (χ1) is 10.7. The summed E-state index contributed by atoms with van der Waals surface area (Å²) in [4.78, 5) is 9.46. The van der Waals surface area contributed by atoms with Gasteiger partial charge in [-0.1, -0.05) is 12.8 Å². The molecule has 22 heavy (non-hydrogen) atoms. The lowest BCUT2D eigenvalue weighted by molar-refractivity contribution is 0.667. The van der Waals surface area contributed by atoms with Crippen molar-refractivity contribution in [2.45, 2.75) is 64.2 Å². The summed E-state index contributed by atoms with van der Waals surface area (Å²) in [6, 6.07) is 3.78. The van der Waals surface area contributed by atoms with Crippen molar-refractivity contribution >= 4 is 34.2 Å². The standard InChI is InChI=1S/C18H26N4/c19-15-12-18(22-14-9-5-2-6-10-14)16(20)11-17(15)21-13-7-3-1-4-8-13/h11-12H,1-10,19-20H2. The van der Waals surface area contributed by atoms with E-state index in [1.54, 1.807) is 0 Å². The van der Waals surface area contributed by atoms with Crippen LogP contribution in [0, 0.1) is 0 Å². The van der Waals surface area contributed by atoms with Crippen LogP contribution in [0.25, 0.3) is 0 Å². The molecule has 118 valence electrons. The maximum absolute atomic E-state index is 6.18. The van der Waals surface area contributed by atoms with Crippen molar-refractivity contribution in [3.8, 4) is 0 Å². The van der Waals surface area contributed by atoms with Crippen LogP contribution in [0.4, 0.5) is 22.7 Å². The number of hydrogen-bond acceptors (Lipinski definition) is 4. The Kier molecular flexibility index (Phi) is 4.76. The molecule has 0 amide bonds. The summed E-state index contributed by atoms with van der Waals surface area (Å²) in [5, 5.41) is 0. The molecule has 0 saturated heterocycles. The fourth-order valence-corrected chi connectivity index (χ4v) is 3.29. The van der Waals surface area contributed by atoms with Gasteiger partial charge in [-0.15, -0.1) is 0 Å². The average Bonchev–Trinajstić information content (AvgIpc) is 2.54. The summed E-state index contributed by atoms with van der Waals surface area (Å²) in [6.07, 6.45) is 11.9. The van der Waals surface area contributed by atoms with Crippen molar-refractivity contribution in [1.29, 1.82) is 0 Å². The number of hydrogen-bond donors (Lipinski definition) is 2. The highest BCUT2D eigenvalue weighted by atomic mass is 14.8. The largest absolute Gasteiger partial charge is 0.397 e. The molecule has 4 N–H and O–H groups in total. The van der Waals surface area contributed by atoms with Gasteiger partial charge in [0, 0.05) is 11.4 Å². The number of nitrogens with two attached hydrogens (primary N) is 2. The minimum atomic E-state index is 0.683. The van der Waals surface area contributed by atoms with Crippen molar-refractivity contribution < 1.29 is 0 Å². The molecule has 1 aromatic rings. The van der Waals surface area contributed by atoms with Gasteiger partial charge in [0.2, 0.25) is 0 Å². The van der Waals surface area contributed by atoms with Crippen LogP contribution in [0.15, 0.2) is 22.1 Å². The zero-order valence-electron chi connectivity index (χ0n) is 13.3. The third-order valence-corrected chi connectivity index (χ3v) is 4.59. The molecular weight excluding hydrogens is 272 g/mol. The molecule has 4 heteroatoms. The van der Waals surface area contributed by atoms with E-state index in [0.717, 1.165) is 37.1 Å². The summed E-state index contributed by atoms with van der Waals surface area (Å²) < 4.78 is 0. The average molecular weight is 298 g/mol. The summed E-state index contributed by atoms with van der Waals surface area (Å²) >= 11 is 0. The van der Waals surface area contributed by atoms with E-state index in [1.165, 1.54) is 49.9 Å². The van der Waals surface area contributed by atoms with E-state index in [2.05, 4.69) is 0 Å². The molecule has 0 aromatic heterocycles. The van der Waals surface area contributed by atoms with Crippen molar-refractivity contribution in [3.63, 3.8) is 0 Å². The van der Waals surface area contributed by atoms with E-state index in [4.69, 9.17) is 21.5 Å². The molecule has 0 heterocycles. The number of nitrogen functional groups attached to an aromatic ring is 2. The predicted molar refractivity (Wildman–Crippen MR) is 95.6 cm³/mol. The summed E-state index contributed by atoms with van der Waals surface area (Å²) in [5.74, 6) is 0. The van der Waals surface area contributed by atoms with Crippen LogP contribution in [0.5, 0.6) is 0 Å². The van der Waals surface area contributed by atoms with E-state index < -0.39 is 0 Å². The van der Waals surface area contributed by atoms with Crippen LogP contribution in [-0.4, -0.2) is 11.4 Å². The maximum Gasteiger partial charge on any atom is 0.0880 e. The van der Waals surface area contributed by atoms with Gasteiger partial charge in [0.25, 0.3) is 0 Å². The molecule has 0 bridgehead atoms. The van der Waals surface area contributed by atoms with Gasteiger partial charge in [0.05, 0.1) is 22.7 Å². The van der Waals surface area contributed by atoms with Crippen molar-refractivity contribution in [2.24, 2.45) is 9.98 Å². The molecule has 2 fully saturated rings. The summed E-state index contributed by atoms with van der Waals surface area (Å²) in [7, 11) is 0. The Bertz CT molecular complexity index is 532. The number of aliphatic imine (C=N–C) groups is 2. The third kappa shape index (κ3) is 3.67. The van der Waals surface area contributed by atoms with Gasteiger partial charge in [-0.2, -0.15) is 0 Å². The fourth-order valence-electron chi connectivity index (χ4n) is 3.29. The van der Waals surface area contributed by atoms with E-state index in [-0.39, 0.29) is 0 Å². The summed E-state index contributed by atoms with van der Waals surface area (Å²) in [5.41, 5.74) is 17.8. The first kappa shape index (κ1) is 15.1. The fraction of sp³-hybridized carbons (Fsp3) is 0.556. The van der Waals surface area contributed by atoms with Crippen LogP contribution in [-0.2, 0) is 0 Å². The number of benzene rings is 1. The Labute approximate surface area is 132 Å². The van der Waals surface area contributed by atoms with E-state index >= 15 is 0 Å². The topological polar surface area (TPSA) is 76.8 Å². The molecule has 2 saturated carbocycles. The van der Waals surface area contributed by atoms with Gasteiger partial charge in [-0.25, -0.2) is 0 Å². The molecule has 0 atom stereocenters. The summed E-state index contributed by atoms with van der Waals surface area (Å²) in [6.45, 7) is 0. The molecule has 0 aliphatic heterocycles. The lowest BCUT2D eigenvalue weighted by atomic mass is 9.98. The highest BCUT2D eigenvalue weighted by molar-refractivity contribution is 5.92. The van der Waals surface area contributed by atoms with Gasteiger partial charge in [-0.05, 0) is 63.5 Å². The predicted octanol–water partition coefficient (Wildman–Crippen LogP) is 4.92. The second-order valence-electron chi connectivity index (χ2n) is 6.45. The van der Waals surface area contributed by atoms with Crippen molar-refractivity contribution in [1.82, 2.24) is 0 Å². The molecular formula is C18H26N4.